The number of esters is 1. The second kappa shape index (κ2) is 5.11. The first-order valence-corrected chi connectivity index (χ1v) is 6.72. The van der Waals surface area contributed by atoms with E-state index in [4.69, 9.17) is 4.74 Å². The summed E-state index contributed by atoms with van der Waals surface area (Å²) in [5.41, 5.74) is 1.99. The highest BCUT2D eigenvalue weighted by Crippen LogP contribution is 2.23. The number of alkyl halides is 1. The summed E-state index contributed by atoms with van der Waals surface area (Å²) in [5, 5.41) is 0. The molecule has 6 heteroatoms. The average molecular weight is 277 g/mol. The molecule has 1 saturated heterocycles. The number of fused-ring (bicyclic) bond motifs is 1. The number of carbonyl (C=O) groups is 1. The number of pyridine rings is 1. The minimum atomic E-state index is -0.763. The van der Waals surface area contributed by atoms with Crippen LogP contribution in [0.2, 0.25) is 0 Å². The molecule has 0 radical (unpaired) electrons. The molecule has 106 valence electrons. The van der Waals surface area contributed by atoms with Gasteiger partial charge in [-0.25, -0.2) is 14.2 Å². The zero-order valence-electron chi connectivity index (χ0n) is 11.3. The molecule has 0 aromatic carbocycles. The summed E-state index contributed by atoms with van der Waals surface area (Å²) < 4.78 is 19.9. The Morgan fingerprint density at radius 2 is 2.45 bits per heavy atom. The van der Waals surface area contributed by atoms with E-state index in [2.05, 4.69) is 4.98 Å². The third kappa shape index (κ3) is 2.21. The third-order valence-corrected chi connectivity index (χ3v) is 3.48. The number of rotatable bonds is 3. The van der Waals surface area contributed by atoms with Crippen LogP contribution < -0.4 is 4.90 Å². The van der Waals surface area contributed by atoms with Crippen molar-refractivity contribution in [1.82, 2.24) is 9.38 Å². The van der Waals surface area contributed by atoms with Crippen LogP contribution in [0.15, 0.2) is 24.5 Å². The molecule has 3 rings (SSSR count). The molecule has 2 aromatic heterocycles. The first kappa shape index (κ1) is 12.9. The molecule has 5 nitrogen and oxygen atoms in total. The van der Waals surface area contributed by atoms with E-state index in [9.17, 15) is 9.18 Å². The molecule has 1 atom stereocenters. The molecule has 0 aliphatic carbocycles. The minimum absolute atomic E-state index is 0.329. The maximum atomic E-state index is 13.2. The molecule has 0 spiro atoms. The quantitative estimate of drug-likeness (QED) is 0.806. The van der Waals surface area contributed by atoms with Crippen molar-refractivity contribution < 1.29 is 13.9 Å². The molecule has 0 unspecified atom stereocenters. The van der Waals surface area contributed by atoms with Gasteiger partial charge in [0.1, 0.15) is 11.8 Å². The van der Waals surface area contributed by atoms with E-state index in [1.807, 2.05) is 17.0 Å². The Morgan fingerprint density at radius 3 is 3.15 bits per heavy atom. The van der Waals surface area contributed by atoms with Crippen LogP contribution in [0.5, 0.6) is 0 Å². The van der Waals surface area contributed by atoms with Crippen molar-refractivity contribution in [2.24, 2.45) is 0 Å². The largest absolute Gasteiger partial charge is 0.461 e. The number of hydrogen-bond donors (Lipinski definition) is 0. The zero-order chi connectivity index (χ0) is 14.1. The maximum Gasteiger partial charge on any atom is 0.356 e. The fourth-order valence-corrected chi connectivity index (χ4v) is 2.47. The highest BCUT2D eigenvalue weighted by Gasteiger charge is 2.22. The predicted octanol–water partition coefficient (Wildman–Crippen LogP) is 2.06. The number of aromatic nitrogens is 2. The second-order valence-electron chi connectivity index (χ2n) is 4.81. The number of imidazole rings is 1. The summed E-state index contributed by atoms with van der Waals surface area (Å²) in [5.74, 6) is -0.391. The fourth-order valence-electron chi connectivity index (χ4n) is 2.47. The highest BCUT2D eigenvalue weighted by atomic mass is 19.1. The van der Waals surface area contributed by atoms with Crippen LogP contribution in [0.3, 0.4) is 0 Å². The molecule has 1 aliphatic rings. The molecule has 0 amide bonds. The average Bonchev–Trinajstić information content (AvgIpc) is 3.04. The van der Waals surface area contributed by atoms with Gasteiger partial charge in [-0.3, -0.25) is 4.40 Å². The molecular weight excluding hydrogens is 261 g/mol. The Kier molecular flexibility index (Phi) is 3.30. The SMILES string of the molecule is CCOC(=O)c1cnc2cc(N3CC[C@@H](F)C3)ccn12. The number of carbonyl (C=O) groups excluding carboxylic acids is 1. The van der Waals surface area contributed by atoms with Crippen LogP contribution >= 0.6 is 0 Å². The van der Waals surface area contributed by atoms with Crippen molar-refractivity contribution in [3.05, 3.63) is 30.2 Å². The topological polar surface area (TPSA) is 46.8 Å². The minimum Gasteiger partial charge on any atom is -0.461 e. The summed E-state index contributed by atoms with van der Waals surface area (Å²) in [7, 11) is 0. The second-order valence-corrected chi connectivity index (χ2v) is 4.81. The van der Waals surface area contributed by atoms with E-state index >= 15 is 0 Å². The lowest BCUT2D eigenvalue weighted by Gasteiger charge is -2.17. The molecule has 1 fully saturated rings. The smallest absolute Gasteiger partial charge is 0.356 e. The van der Waals surface area contributed by atoms with E-state index in [0.717, 1.165) is 5.69 Å². The van der Waals surface area contributed by atoms with Gasteiger partial charge in [0.15, 0.2) is 5.69 Å². The lowest BCUT2D eigenvalue weighted by atomic mass is 10.3. The Hall–Kier alpha value is -2.11. The van der Waals surface area contributed by atoms with E-state index in [1.165, 1.54) is 6.20 Å². The standard InChI is InChI=1S/C14H16FN3O2/c1-2-20-14(19)12-8-16-13-7-11(4-6-18(12)13)17-5-3-10(15)9-17/h4,6-8,10H,2-3,5,9H2,1H3/t10-/m1/s1. The summed E-state index contributed by atoms with van der Waals surface area (Å²) in [4.78, 5) is 18.0. The Bertz CT molecular complexity index is 640. The fraction of sp³-hybridized carbons (Fsp3) is 0.429. The number of halogens is 1. The Morgan fingerprint density at radius 1 is 1.60 bits per heavy atom. The van der Waals surface area contributed by atoms with Crippen molar-refractivity contribution in [1.29, 1.82) is 0 Å². The number of anilines is 1. The number of nitrogens with zero attached hydrogens (tertiary/aromatic N) is 3. The normalized spacial score (nSPS) is 18.7. The zero-order valence-corrected chi connectivity index (χ0v) is 11.3. The van der Waals surface area contributed by atoms with Crippen molar-refractivity contribution in [3.63, 3.8) is 0 Å². The van der Waals surface area contributed by atoms with Gasteiger partial charge in [0.05, 0.1) is 12.8 Å². The summed E-state index contributed by atoms with van der Waals surface area (Å²) in [6.45, 7) is 3.22. The Balaban J connectivity index is 1.91. The molecule has 1 aliphatic heterocycles. The van der Waals surface area contributed by atoms with Crippen LogP contribution in [-0.4, -0.2) is 41.2 Å². The lowest BCUT2D eigenvalue weighted by Crippen LogP contribution is -2.20. The number of ether oxygens (including phenoxy) is 1. The maximum absolute atomic E-state index is 13.2. The van der Waals surface area contributed by atoms with Crippen molar-refractivity contribution in [3.8, 4) is 0 Å². The lowest BCUT2D eigenvalue weighted by molar-refractivity contribution is 0.0518. The first-order chi connectivity index (χ1) is 9.69. The van der Waals surface area contributed by atoms with Gasteiger partial charge < -0.3 is 9.64 Å². The monoisotopic (exact) mass is 277 g/mol. The van der Waals surface area contributed by atoms with Gasteiger partial charge in [-0.1, -0.05) is 0 Å². The molecule has 0 bridgehead atoms. The van der Waals surface area contributed by atoms with Crippen molar-refractivity contribution >= 4 is 17.3 Å². The van der Waals surface area contributed by atoms with Crippen LogP contribution in [0.1, 0.15) is 23.8 Å². The molecule has 3 heterocycles. The molecule has 0 saturated carbocycles. The van der Waals surface area contributed by atoms with Gasteiger partial charge in [0, 0.05) is 31.0 Å². The predicted molar refractivity (Wildman–Crippen MR) is 72.9 cm³/mol. The van der Waals surface area contributed by atoms with Gasteiger partial charge in [0.2, 0.25) is 0 Å². The summed E-state index contributed by atoms with van der Waals surface area (Å²) in [6, 6.07) is 3.73. The van der Waals surface area contributed by atoms with Crippen LogP contribution in [0.25, 0.3) is 5.65 Å². The van der Waals surface area contributed by atoms with Gasteiger partial charge in [-0.05, 0) is 19.4 Å². The van der Waals surface area contributed by atoms with E-state index in [0.29, 0.717) is 37.5 Å². The van der Waals surface area contributed by atoms with Crippen LogP contribution in [0, 0.1) is 0 Å². The van der Waals surface area contributed by atoms with Crippen molar-refractivity contribution in [2.45, 2.75) is 19.5 Å². The first-order valence-electron chi connectivity index (χ1n) is 6.72. The van der Waals surface area contributed by atoms with E-state index < -0.39 is 12.1 Å². The van der Waals surface area contributed by atoms with E-state index in [-0.39, 0.29) is 0 Å². The molecular formula is C14H16FN3O2. The van der Waals surface area contributed by atoms with Crippen LogP contribution in [-0.2, 0) is 4.74 Å². The Labute approximate surface area is 116 Å². The molecule has 2 aromatic rings. The van der Waals surface area contributed by atoms with Gasteiger partial charge in [0.25, 0.3) is 0 Å². The third-order valence-electron chi connectivity index (χ3n) is 3.48. The summed E-state index contributed by atoms with van der Waals surface area (Å²) in [6.07, 6.45) is 3.07. The van der Waals surface area contributed by atoms with Gasteiger partial charge in [-0.2, -0.15) is 0 Å². The van der Waals surface area contributed by atoms with Crippen LogP contribution in [0.4, 0.5) is 10.1 Å². The van der Waals surface area contributed by atoms with E-state index in [1.54, 1.807) is 17.5 Å². The summed E-state index contributed by atoms with van der Waals surface area (Å²) >= 11 is 0. The van der Waals surface area contributed by atoms with Gasteiger partial charge >= 0.3 is 5.97 Å². The number of hydrogen-bond acceptors (Lipinski definition) is 4. The van der Waals surface area contributed by atoms with Crippen molar-refractivity contribution in [2.75, 3.05) is 24.6 Å². The highest BCUT2D eigenvalue weighted by molar-refractivity contribution is 5.88. The molecule has 20 heavy (non-hydrogen) atoms. The van der Waals surface area contributed by atoms with Gasteiger partial charge in [-0.15, -0.1) is 0 Å². The molecule has 0 N–H and O–H groups in total.